The summed E-state index contributed by atoms with van der Waals surface area (Å²) in [5.41, 5.74) is 1.34. The first kappa shape index (κ1) is 22.7. The van der Waals surface area contributed by atoms with Crippen LogP contribution in [0.25, 0.3) is 0 Å². The number of nitrogens with one attached hydrogen (secondary N) is 2. The predicted octanol–water partition coefficient (Wildman–Crippen LogP) is 3.14. The summed E-state index contributed by atoms with van der Waals surface area (Å²) >= 11 is 0. The highest BCUT2D eigenvalue weighted by Gasteiger charge is 2.02. The van der Waals surface area contributed by atoms with E-state index in [2.05, 4.69) is 39.9 Å². The second-order valence-electron chi connectivity index (χ2n) is 5.19. The highest BCUT2D eigenvalue weighted by molar-refractivity contribution is 14.0. The molecule has 0 fully saturated rings. The van der Waals surface area contributed by atoms with Crippen molar-refractivity contribution < 1.29 is 9.53 Å². The van der Waals surface area contributed by atoms with Crippen LogP contribution in [-0.4, -0.2) is 38.2 Å². The van der Waals surface area contributed by atoms with E-state index in [9.17, 15) is 4.79 Å². The van der Waals surface area contributed by atoms with E-state index in [1.165, 1.54) is 5.56 Å². The third kappa shape index (κ3) is 11.3. The van der Waals surface area contributed by atoms with E-state index in [1.54, 1.807) is 0 Å². The fourth-order valence-corrected chi connectivity index (χ4v) is 2.13. The van der Waals surface area contributed by atoms with E-state index in [-0.39, 0.29) is 29.9 Å². The Morgan fingerprint density at radius 3 is 2.54 bits per heavy atom. The minimum Gasteiger partial charge on any atom is -0.466 e. The van der Waals surface area contributed by atoms with Gasteiger partial charge in [-0.25, -0.2) is 0 Å². The fourth-order valence-electron chi connectivity index (χ4n) is 2.13. The molecule has 0 aliphatic rings. The van der Waals surface area contributed by atoms with Crippen molar-refractivity contribution in [3.63, 3.8) is 0 Å². The molecule has 0 amide bonds. The molecule has 1 rings (SSSR count). The molecule has 1 aromatic rings. The van der Waals surface area contributed by atoms with Crippen molar-refractivity contribution in [2.45, 2.75) is 39.5 Å². The molecule has 1 aromatic carbocycles. The van der Waals surface area contributed by atoms with Gasteiger partial charge in [-0.05, 0) is 38.7 Å². The van der Waals surface area contributed by atoms with E-state index in [1.807, 2.05) is 19.9 Å². The minimum absolute atomic E-state index is 0. The average Bonchev–Trinajstić information content (AvgIpc) is 2.56. The summed E-state index contributed by atoms with van der Waals surface area (Å²) in [4.78, 5) is 15.8. The number of aliphatic imine (C=N–C) groups is 1. The van der Waals surface area contributed by atoms with E-state index >= 15 is 0 Å². The standard InChI is InChI=1S/C18H29N3O2.HI/c1-3-19-18(21-15-9-13-17(22)23-4-2)20-14-8-12-16-10-6-5-7-11-16;/h5-7,10-11H,3-4,8-9,12-15H2,1-2H3,(H2,19,20,21);1H. The van der Waals surface area contributed by atoms with Gasteiger partial charge in [-0.1, -0.05) is 30.3 Å². The maximum Gasteiger partial charge on any atom is 0.305 e. The van der Waals surface area contributed by atoms with Gasteiger partial charge in [-0.15, -0.1) is 24.0 Å². The number of hydrogen-bond acceptors (Lipinski definition) is 3. The lowest BCUT2D eigenvalue weighted by atomic mass is 10.1. The highest BCUT2D eigenvalue weighted by Crippen LogP contribution is 2.02. The van der Waals surface area contributed by atoms with Crippen LogP contribution in [0.5, 0.6) is 0 Å². The third-order valence-electron chi connectivity index (χ3n) is 3.24. The Balaban J connectivity index is 0.00000529. The first-order valence-electron chi connectivity index (χ1n) is 8.48. The lowest BCUT2D eigenvalue weighted by Crippen LogP contribution is -2.38. The fraction of sp³-hybridized carbons (Fsp3) is 0.556. The van der Waals surface area contributed by atoms with Gasteiger partial charge < -0.3 is 15.4 Å². The molecule has 136 valence electrons. The molecule has 0 saturated carbocycles. The van der Waals surface area contributed by atoms with Crippen LogP contribution in [0.1, 0.15) is 38.7 Å². The van der Waals surface area contributed by atoms with Crippen molar-refractivity contribution >= 4 is 35.9 Å². The number of nitrogens with zero attached hydrogens (tertiary/aromatic N) is 1. The topological polar surface area (TPSA) is 62.7 Å². The molecule has 0 aliphatic carbocycles. The van der Waals surface area contributed by atoms with Gasteiger partial charge in [0.2, 0.25) is 0 Å². The van der Waals surface area contributed by atoms with Gasteiger partial charge in [0.25, 0.3) is 0 Å². The monoisotopic (exact) mass is 447 g/mol. The summed E-state index contributed by atoms with van der Waals surface area (Å²) in [7, 11) is 0. The van der Waals surface area contributed by atoms with Crippen molar-refractivity contribution in [2.75, 3.05) is 26.2 Å². The molecule has 0 aromatic heterocycles. The highest BCUT2D eigenvalue weighted by atomic mass is 127. The van der Waals surface area contributed by atoms with Crippen LogP contribution in [0.2, 0.25) is 0 Å². The number of aryl methyl sites for hydroxylation is 1. The van der Waals surface area contributed by atoms with Crippen molar-refractivity contribution in [2.24, 2.45) is 4.99 Å². The summed E-state index contributed by atoms with van der Waals surface area (Å²) in [6, 6.07) is 10.4. The smallest absolute Gasteiger partial charge is 0.305 e. The molecule has 24 heavy (non-hydrogen) atoms. The van der Waals surface area contributed by atoms with Crippen LogP contribution in [0.15, 0.2) is 35.3 Å². The largest absolute Gasteiger partial charge is 0.466 e. The van der Waals surface area contributed by atoms with Gasteiger partial charge in [-0.3, -0.25) is 9.79 Å². The van der Waals surface area contributed by atoms with E-state index in [0.29, 0.717) is 19.6 Å². The van der Waals surface area contributed by atoms with E-state index in [4.69, 9.17) is 4.74 Å². The number of hydrogen-bond donors (Lipinski definition) is 2. The molecule has 6 heteroatoms. The maximum absolute atomic E-state index is 11.3. The number of guanidine groups is 1. The second-order valence-corrected chi connectivity index (χ2v) is 5.19. The Kier molecular flexibility index (Phi) is 14.4. The van der Waals surface area contributed by atoms with Gasteiger partial charge in [0.05, 0.1) is 6.61 Å². The molecular formula is C18H30IN3O2. The lowest BCUT2D eigenvalue weighted by Gasteiger charge is -2.11. The lowest BCUT2D eigenvalue weighted by molar-refractivity contribution is -0.143. The van der Waals surface area contributed by atoms with Crippen molar-refractivity contribution in [1.29, 1.82) is 0 Å². The van der Waals surface area contributed by atoms with Crippen LogP contribution in [0.4, 0.5) is 0 Å². The first-order chi connectivity index (χ1) is 11.3. The summed E-state index contributed by atoms with van der Waals surface area (Å²) in [6.07, 6.45) is 3.23. The molecule has 0 heterocycles. The van der Waals surface area contributed by atoms with Gasteiger partial charge in [-0.2, -0.15) is 0 Å². The second kappa shape index (κ2) is 15.2. The molecule has 5 nitrogen and oxygen atoms in total. The summed E-state index contributed by atoms with van der Waals surface area (Å²) in [6.45, 7) is 6.62. The van der Waals surface area contributed by atoms with Crippen LogP contribution in [0.3, 0.4) is 0 Å². The zero-order valence-corrected chi connectivity index (χ0v) is 17.0. The number of benzene rings is 1. The third-order valence-corrected chi connectivity index (χ3v) is 3.24. The van der Waals surface area contributed by atoms with Crippen LogP contribution < -0.4 is 10.6 Å². The molecule has 0 atom stereocenters. The Labute approximate surface area is 162 Å². The Morgan fingerprint density at radius 1 is 1.12 bits per heavy atom. The normalized spacial score (nSPS) is 10.7. The number of carbonyl (C=O) groups is 1. The van der Waals surface area contributed by atoms with E-state index < -0.39 is 0 Å². The van der Waals surface area contributed by atoms with Crippen LogP contribution in [0, 0.1) is 0 Å². The quantitative estimate of drug-likeness (QED) is 0.190. The number of rotatable bonds is 10. The molecule has 0 radical (unpaired) electrons. The molecule has 0 aliphatic heterocycles. The minimum atomic E-state index is -0.140. The number of esters is 1. The molecule has 0 saturated heterocycles. The van der Waals surface area contributed by atoms with Gasteiger partial charge in [0, 0.05) is 26.1 Å². The van der Waals surface area contributed by atoms with Crippen LogP contribution >= 0.6 is 24.0 Å². The summed E-state index contributed by atoms with van der Waals surface area (Å²) in [5, 5.41) is 6.47. The summed E-state index contributed by atoms with van der Waals surface area (Å²) < 4.78 is 4.91. The number of halogens is 1. The zero-order chi connectivity index (χ0) is 16.8. The molecule has 0 spiro atoms. The molecule has 0 bridgehead atoms. The van der Waals surface area contributed by atoms with Crippen molar-refractivity contribution in [1.82, 2.24) is 10.6 Å². The van der Waals surface area contributed by atoms with Gasteiger partial charge >= 0.3 is 5.97 Å². The van der Waals surface area contributed by atoms with Gasteiger partial charge in [0.15, 0.2) is 5.96 Å². The van der Waals surface area contributed by atoms with Gasteiger partial charge in [0.1, 0.15) is 0 Å². The Morgan fingerprint density at radius 2 is 1.88 bits per heavy atom. The maximum atomic E-state index is 11.3. The molecule has 2 N–H and O–H groups in total. The predicted molar refractivity (Wildman–Crippen MR) is 110 cm³/mol. The van der Waals surface area contributed by atoms with Crippen LogP contribution in [-0.2, 0) is 16.0 Å². The first-order valence-corrected chi connectivity index (χ1v) is 8.48. The molecular weight excluding hydrogens is 417 g/mol. The Hall–Kier alpha value is -1.31. The van der Waals surface area contributed by atoms with Crippen molar-refractivity contribution in [3.8, 4) is 0 Å². The Bertz CT molecular complexity index is 467. The zero-order valence-electron chi connectivity index (χ0n) is 14.7. The SMILES string of the molecule is CCNC(=NCCCc1ccccc1)NCCCC(=O)OCC.I. The molecule has 0 unspecified atom stereocenters. The average molecular weight is 447 g/mol. The number of ether oxygens (including phenoxy) is 1. The van der Waals surface area contributed by atoms with E-state index in [0.717, 1.165) is 38.3 Å². The summed E-state index contributed by atoms with van der Waals surface area (Å²) in [5.74, 6) is 0.670. The number of carbonyl (C=O) groups excluding carboxylic acids is 1. The van der Waals surface area contributed by atoms with Crippen molar-refractivity contribution in [3.05, 3.63) is 35.9 Å².